The monoisotopic (exact) mass is 252 g/mol. The molecular weight excluding hydrogens is 232 g/mol. The zero-order valence-electron chi connectivity index (χ0n) is 10.5. The molecule has 0 radical (unpaired) electrons. The Kier molecular flexibility index (Phi) is 4.48. The summed E-state index contributed by atoms with van der Waals surface area (Å²) < 4.78 is 0. The van der Waals surface area contributed by atoms with Crippen molar-refractivity contribution >= 4 is 23.5 Å². The first-order valence-electron chi connectivity index (χ1n) is 6.21. The summed E-state index contributed by atoms with van der Waals surface area (Å²) in [6.07, 6.45) is 2.31. The van der Waals surface area contributed by atoms with Crippen molar-refractivity contribution in [2.45, 2.75) is 32.7 Å². The van der Waals surface area contributed by atoms with Crippen molar-refractivity contribution in [3.63, 3.8) is 0 Å². The maximum atomic E-state index is 4.49. The second-order valence-corrected chi connectivity index (χ2v) is 5.50. The van der Waals surface area contributed by atoms with E-state index < -0.39 is 0 Å². The maximum Gasteiger partial charge on any atom is 0.224 e. The average Bonchev–Trinajstić information content (AvgIpc) is 2.78. The van der Waals surface area contributed by atoms with Gasteiger partial charge in [-0.05, 0) is 25.5 Å². The van der Waals surface area contributed by atoms with Gasteiger partial charge in [0.05, 0.1) is 0 Å². The molecular formula is C12H20N4S. The fourth-order valence-corrected chi connectivity index (χ4v) is 2.97. The first-order valence-corrected chi connectivity index (χ1v) is 7.37. The van der Waals surface area contributed by atoms with Crippen LogP contribution >= 0.6 is 11.8 Å². The summed E-state index contributed by atoms with van der Waals surface area (Å²) in [4.78, 5) is 8.87. The number of thioether (sulfide) groups is 1. The minimum atomic E-state index is 0.563. The Hall–Kier alpha value is -0.970. The van der Waals surface area contributed by atoms with Crippen LogP contribution in [0.5, 0.6) is 0 Å². The molecule has 0 saturated carbocycles. The molecule has 0 bridgehead atoms. The third-order valence-electron chi connectivity index (χ3n) is 2.67. The number of rotatable bonds is 5. The molecule has 17 heavy (non-hydrogen) atoms. The summed E-state index contributed by atoms with van der Waals surface area (Å²) in [6.45, 7) is 5.06. The van der Waals surface area contributed by atoms with E-state index in [0.29, 0.717) is 6.04 Å². The summed E-state index contributed by atoms with van der Waals surface area (Å²) in [5.41, 5.74) is 1.01. The lowest BCUT2D eigenvalue weighted by atomic mass is 10.2. The number of aryl methyl sites for hydroxylation is 1. The largest absolute Gasteiger partial charge is 0.366 e. The van der Waals surface area contributed by atoms with Gasteiger partial charge >= 0.3 is 0 Å². The van der Waals surface area contributed by atoms with Gasteiger partial charge in [-0.3, -0.25) is 0 Å². The molecule has 5 heteroatoms. The summed E-state index contributed by atoms with van der Waals surface area (Å²) in [5, 5.41) is 6.72. The van der Waals surface area contributed by atoms with Gasteiger partial charge in [0, 0.05) is 30.1 Å². The van der Waals surface area contributed by atoms with Crippen molar-refractivity contribution in [1.82, 2.24) is 9.97 Å². The zero-order valence-corrected chi connectivity index (χ0v) is 11.3. The summed E-state index contributed by atoms with van der Waals surface area (Å²) >= 11 is 2.00. The topological polar surface area (TPSA) is 49.8 Å². The lowest BCUT2D eigenvalue weighted by Crippen LogP contribution is -2.19. The standard InChI is InChI=1S/C12H20N4S/c1-3-5-13-12-14-9(2)7-11(16-12)15-10-4-6-17-8-10/h7,10H,3-6,8H2,1-2H3,(H2,13,14,15,16). The van der Waals surface area contributed by atoms with Crippen molar-refractivity contribution in [3.05, 3.63) is 11.8 Å². The van der Waals surface area contributed by atoms with Crippen LogP contribution in [0.15, 0.2) is 6.07 Å². The van der Waals surface area contributed by atoms with E-state index >= 15 is 0 Å². The molecule has 1 aromatic rings. The van der Waals surface area contributed by atoms with Crippen molar-refractivity contribution in [2.24, 2.45) is 0 Å². The zero-order chi connectivity index (χ0) is 12.1. The number of aromatic nitrogens is 2. The Bertz CT molecular complexity index is 364. The molecule has 1 fully saturated rings. The van der Waals surface area contributed by atoms with Crippen molar-refractivity contribution in [1.29, 1.82) is 0 Å². The third kappa shape index (κ3) is 3.77. The summed E-state index contributed by atoms with van der Waals surface area (Å²) in [7, 11) is 0. The van der Waals surface area contributed by atoms with Crippen LogP contribution in [0.1, 0.15) is 25.5 Å². The Balaban J connectivity index is 2.02. The number of hydrogen-bond acceptors (Lipinski definition) is 5. The first kappa shape index (κ1) is 12.5. The minimum absolute atomic E-state index is 0.563. The quantitative estimate of drug-likeness (QED) is 0.843. The van der Waals surface area contributed by atoms with Crippen LogP contribution < -0.4 is 10.6 Å². The molecule has 0 aliphatic carbocycles. The molecule has 1 unspecified atom stereocenters. The SMILES string of the molecule is CCCNc1nc(C)cc(NC2CCSC2)n1. The fraction of sp³-hybridized carbons (Fsp3) is 0.667. The van der Waals surface area contributed by atoms with Crippen molar-refractivity contribution in [3.8, 4) is 0 Å². The predicted molar refractivity (Wildman–Crippen MR) is 74.9 cm³/mol. The number of anilines is 2. The third-order valence-corrected chi connectivity index (χ3v) is 3.83. The van der Waals surface area contributed by atoms with Gasteiger partial charge in [-0.1, -0.05) is 6.92 Å². The number of nitrogens with zero attached hydrogens (tertiary/aromatic N) is 2. The van der Waals surface area contributed by atoms with E-state index in [0.717, 1.165) is 30.4 Å². The van der Waals surface area contributed by atoms with E-state index in [2.05, 4.69) is 27.5 Å². The molecule has 1 saturated heterocycles. The molecule has 0 spiro atoms. The molecule has 1 aliphatic heterocycles. The second-order valence-electron chi connectivity index (χ2n) is 4.35. The van der Waals surface area contributed by atoms with Crippen molar-refractivity contribution in [2.75, 3.05) is 28.7 Å². The highest BCUT2D eigenvalue weighted by Crippen LogP contribution is 2.21. The van der Waals surface area contributed by atoms with Gasteiger partial charge in [0.2, 0.25) is 5.95 Å². The van der Waals surface area contributed by atoms with E-state index in [1.807, 2.05) is 24.8 Å². The van der Waals surface area contributed by atoms with Crippen LogP contribution in [0.3, 0.4) is 0 Å². The lowest BCUT2D eigenvalue weighted by Gasteiger charge is -2.13. The molecule has 4 nitrogen and oxygen atoms in total. The highest BCUT2D eigenvalue weighted by Gasteiger charge is 2.15. The Morgan fingerprint density at radius 3 is 3.06 bits per heavy atom. The lowest BCUT2D eigenvalue weighted by molar-refractivity contribution is 0.804. The van der Waals surface area contributed by atoms with E-state index in [4.69, 9.17) is 0 Å². The molecule has 0 amide bonds. The van der Waals surface area contributed by atoms with E-state index in [1.54, 1.807) is 0 Å². The Morgan fingerprint density at radius 1 is 1.47 bits per heavy atom. The van der Waals surface area contributed by atoms with Gasteiger partial charge in [0.15, 0.2) is 0 Å². The average molecular weight is 252 g/mol. The molecule has 2 heterocycles. The first-order chi connectivity index (χ1) is 8.28. The van der Waals surface area contributed by atoms with Crippen LogP contribution in [0.25, 0.3) is 0 Å². The highest BCUT2D eigenvalue weighted by molar-refractivity contribution is 7.99. The van der Waals surface area contributed by atoms with Crippen LogP contribution in [0.2, 0.25) is 0 Å². The van der Waals surface area contributed by atoms with E-state index in [-0.39, 0.29) is 0 Å². The van der Waals surface area contributed by atoms with Crippen LogP contribution in [0, 0.1) is 6.92 Å². The number of nitrogens with one attached hydrogen (secondary N) is 2. The smallest absolute Gasteiger partial charge is 0.224 e. The Morgan fingerprint density at radius 2 is 2.35 bits per heavy atom. The predicted octanol–water partition coefficient (Wildman–Crippen LogP) is 2.52. The Labute approximate surface area is 107 Å². The molecule has 2 N–H and O–H groups in total. The highest BCUT2D eigenvalue weighted by atomic mass is 32.2. The normalized spacial score (nSPS) is 19.3. The van der Waals surface area contributed by atoms with Gasteiger partial charge in [0.1, 0.15) is 5.82 Å². The second kappa shape index (κ2) is 6.10. The van der Waals surface area contributed by atoms with Crippen LogP contribution in [-0.4, -0.2) is 34.1 Å². The maximum absolute atomic E-state index is 4.49. The van der Waals surface area contributed by atoms with Gasteiger partial charge in [0.25, 0.3) is 0 Å². The van der Waals surface area contributed by atoms with Gasteiger partial charge in [-0.25, -0.2) is 4.98 Å². The van der Waals surface area contributed by atoms with Gasteiger partial charge < -0.3 is 10.6 Å². The molecule has 2 rings (SSSR count). The van der Waals surface area contributed by atoms with Gasteiger partial charge in [-0.2, -0.15) is 16.7 Å². The molecule has 1 aromatic heterocycles. The fourth-order valence-electron chi connectivity index (χ4n) is 1.82. The minimum Gasteiger partial charge on any atom is -0.366 e. The number of hydrogen-bond donors (Lipinski definition) is 2. The molecule has 1 aliphatic rings. The molecule has 1 atom stereocenters. The van der Waals surface area contributed by atoms with Crippen LogP contribution in [0.4, 0.5) is 11.8 Å². The molecule has 0 aromatic carbocycles. The van der Waals surface area contributed by atoms with Gasteiger partial charge in [-0.15, -0.1) is 0 Å². The molecule has 94 valence electrons. The summed E-state index contributed by atoms with van der Waals surface area (Å²) in [6, 6.07) is 2.58. The van der Waals surface area contributed by atoms with Crippen molar-refractivity contribution < 1.29 is 0 Å². The van der Waals surface area contributed by atoms with Crippen LogP contribution in [-0.2, 0) is 0 Å². The van der Waals surface area contributed by atoms with E-state index in [9.17, 15) is 0 Å². The summed E-state index contributed by atoms with van der Waals surface area (Å²) in [5.74, 6) is 4.12. The van der Waals surface area contributed by atoms with E-state index in [1.165, 1.54) is 17.9 Å².